The van der Waals surface area contributed by atoms with Crippen molar-refractivity contribution in [3.63, 3.8) is 0 Å². The first-order valence-electron chi connectivity index (χ1n) is 13.1. The van der Waals surface area contributed by atoms with Crippen LogP contribution in [0, 0.1) is 12.7 Å². The number of anilines is 3. The van der Waals surface area contributed by atoms with E-state index in [0.29, 0.717) is 40.6 Å². The van der Waals surface area contributed by atoms with Crippen LogP contribution in [-0.2, 0) is 13.6 Å². The number of aliphatic hydroxyl groups excluding tert-OH is 1. The van der Waals surface area contributed by atoms with E-state index >= 15 is 0 Å². The lowest BCUT2D eigenvalue weighted by atomic mass is 10.0. The first-order chi connectivity index (χ1) is 19.7. The summed E-state index contributed by atoms with van der Waals surface area (Å²) in [7, 11) is 1.83. The van der Waals surface area contributed by atoms with Gasteiger partial charge < -0.3 is 15.7 Å². The number of nitrogens with zero attached hydrogens (tertiary/aromatic N) is 4. The molecule has 4 heterocycles. The molecule has 5 aromatic rings. The number of fused-ring (bicyclic) bond motifs is 1. The molecule has 0 saturated carbocycles. The van der Waals surface area contributed by atoms with Crippen molar-refractivity contribution >= 4 is 44.5 Å². The summed E-state index contributed by atoms with van der Waals surface area (Å²) in [6.07, 6.45) is 0.437. The SMILES string of the molecule is Cc1c(-c2cc(Nc3cc(CN4CC[C@H](O)C4)n(C)n3)c(=O)[nH]n2)ccc(F)c1NC(=O)c1cc2ccccc2s1. The predicted octanol–water partition coefficient (Wildman–Crippen LogP) is 4.40. The third-order valence-electron chi connectivity index (χ3n) is 7.25. The van der Waals surface area contributed by atoms with Gasteiger partial charge >= 0.3 is 0 Å². The fourth-order valence-corrected chi connectivity index (χ4v) is 6.01. The fourth-order valence-electron chi connectivity index (χ4n) is 5.05. The average Bonchev–Trinajstić information content (AvgIpc) is 3.66. The number of aromatic amines is 1. The van der Waals surface area contributed by atoms with E-state index in [1.165, 1.54) is 17.4 Å². The average molecular weight is 574 g/mol. The van der Waals surface area contributed by atoms with Crippen LogP contribution in [0.2, 0.25) is 0 Å². The fraction of sp³-hybridized carbons (Fsp3) is 0.241. The number of amides is 1. The molecule has 0 radical (unpaired) electrons. The van der Waals surface area contributed by atoms with Crippen molar-refractivity contribution in [2.75, 3.05) is 23.7 Å². The number of nitrogens with one attached hydrogen (secondary N) is 3. The molecule has 0 aliphatic carbocycles. The number of aryl methyl sites for hydroxylation is 1. The molecule has 12 heteroatoms. The lowest BCUT2D eigenvalue weighted by Crippen LogP contribution is -2.22. The maximum absolute atomic E-state index is 14.9. The van der Waals surface area contributed by atoms with Gasteiger partial charge in [0, 0.05) is 43.0 Å². The van der Waals surface area contributed by atoms with Crippen LogP contribution >= 0.6 is 11.3 Å². The van der Waals surface area contributed by atoms with Crippen LogP contribution in [0.25, 0.3) is 21.3 Å². The highest BCUT2D eigenvalue weighted by molar-refractivity contribution is 7.20. The number of carbonyl (C=O) groups is 1. The minimum Gasteiger partial charge on any atom is -0.392 e. The minimum atomic E-state index is -0.574. The summed E-state index contributed by atoms with van der Waals surface area (Å²) < 4.78 is 17.6. The Kier molecular flexibility index (Phi) is 7.12. The molecule has 2 aromatic carbocycles. The number of carbonyl (C=O) groups excluding carboxylic acids is 1. The Morgan fingerprint density at radius 2 is 2.05 bits per heavy atom. The highest BCUT2D eigenvalue weighted by atomic mass is 32.1. The van der Waals surface area contributed by atoms with Crippen LogP contribution in [0.3, 0.4) is 0 Å². The quantitative estimate of drug-likeness (QED) is 0.227. The lowest BCUT2D eigenvalue weighted by Gasteiger charge is -2.14. The number of likely N-dealkylation sites (tertiary alicyclic amines) is 1. The van der Waals surface area contributed by atoms with Gasteiger partial charge in [-0.2, -0.15) is 10.2 Å². The lowest BCUT2D eigenvalue weighted by molar-refractivity contribution is 0.103. The summed E-state index contributed by atoms with van der Waals surface area (Å²) in [6, 6.07) is 15.7. The standard InChI is InChI=1S/C29H28FN7O3S/c1-16-20(7-8-21(30)27(16)32-29(40)25-11-17-5-3-4-6-24(17)41-25)22-13-23(28(39)34-33-22)31-26-12-18(36(2)35-26)14-37-10-9-19(38)15-37/h3-8,11-13,19,38H,9-10,14-15H2,1-2H3,(H,32,40)(H,34,39)(H,31,33,35)/t19-/m0/s1. The maximum Gasteiger partial charge on any atom is 0.287 e. The monoisotopic (exact) mass is 573 g/mol. The van der Waals surface area contributed by atoms with Crippen molar-refractivity contribution in [2.45, 2.75) is 26.0 Å². The highest BCUT2D eigenvalue weighted by Gasteiger charge is 2.22. The second-order valence-electron chi connectivity index (χ2n) is 10.1. The second kappa shape index (κ2) is 10.9. The van der Waals surface area contributed by atoms with Crippen molar-refractivity contribution in [2.24, 2.45) is 7.05 Å². The molecule has 3 aromatic heterocycles. The number of aromatic nitrogens is 4. The van der Waals surface area contributed by atoms with E-state index < -0.39 is 17.3 Å². The number of H-pyrrole nitrogens is 1. The van der Waals surface area contributed by atoms with Crippen molar-refractivity contribution in [1.82, 2.24) is 24.9 Å². The molecule has 0 unspecified atom stereocenters. The van der Waals surface area contributed by atoms with E-state index in [9.17, 15) is 19.1 Å². The first-order valence-corrected chi connectivity index (χ1v) is 14.0. The zero-order valence-electron chi connectivity index (χ0n) is 22.4. The summed E-state index contributed by atoms with van der Waals surface area (Å²) in [5.41, 5.74) is 2.17. The van der Waals surface area contributed by atoms with E-state index in [2.05, 4.69) is 30.8 Å². The molecular weight excluding hydrogens is 545 g/mol. The normalized spacial score (nSPS) is 15.5. The molecular formula is C29H28FN7O3S. The number of rotatable bonds is 7. The molecule has 10 nitrogen and oxygen atoms in total. The Hall–Kier alpha value is -4.39. The minimum absolute atomic E-state index is 0.0499. The largest absolute Gasteiger partial charge is 0.392 e. The molecule has 0 bridgehead atoms. The molecule has 41 heavy (non-hydrogen) atoms. The van der Waals surface area contributed by atoms with E-state index in [-0.39, 0.29) is 17.5 Å². The van der Waals surface area contributed by atoms with Gasteiger partial charge in [-0.05, 0) is 54.6 Å². The molecule has 1 atom stereocenters. The van der Waals surface area contributed by atoms with Crippen molar-refractivity contribution in [3.05, 3.63) is 86.9 Å². The third-order valence-corrected chi connectivity index (χ3v) is 8.37. The Bertz CT molecular complexity index is 1800. The Morgan fingerprint density at radius 3 is 2.83 bits per heavy atom. The summed E-state index contributed by atoms with van der Waals surface area (Å²) in [6.45, 7) is 3.75. The smallest absolute Gasteiger partial charge is 0.287 e. The van der Waals surface area contributed by atoms with Crippen LogP contribution in [0.5, 0.6) is 0 Å². The number of aliphatic hydroxyl groups is 1. The maximum atomic E-state index is 14.9. The van der Waals surface area contributed by atoms with E-state index in [0.717, 1.165) is 28.7 Å². The highest BCUT2D eigenvalue weighted by Crippen LogP contribution is 2.32. The topological polar surface area (TPSA) is 128 Å². The summed E-state index contributed by atoms with van der Waals surface area (Å²) >= 11 is 1.34. The zero-order chi connectivity index (χ0) is 28.7. The van der Waals surface area contributed by atoms with Crippen LogP contribution in [0.15, 0.2) is 59.4 Å². The number of halogens is 1. The van der Waals surface area contributed by atoms with Gasteiger partial charge in [-0.25, -0.2) is 9.49 Å². The van der Waals surface area contributed by atoms with E-state index in [1.54, 1.807) is 29.8 Å². The zero-order valence-corrected chi connectivity index (χ0v) is 23.3. The van der Waals surface area contributed by atoms with E-state index in [1.807, 2.05) is 37.4 Å². The van der Waals surface area contributed by atoms with Crippen LogP contribution < -0.4 is 16.2 Å². The van der Waals surface area contributed by atoms with Gasteiger partial charge in [0.2, 0.25) is 0 Å². The van der Waals surface area contributed by atoms with E-state index in [4.69, 9.17) is 0 Å². The summed E-state index contributed by atoms with van der Waals surface area (Å²) in [5.74, 6) is -0.497. The Balaban J connectivity index is 1.24. The van der Waals surface area contributed by atoms with Gasteiger partial charge in [-0.1, -0.05) is 18.2 Å². The van der Waals surface area contributed by atoms with Gasteiger partial charge in [0.1, 0.15) is 11.5 Å². The Labute approximate surface area is 238 Å². The number of benzene rings is 2. The van der Waals surface area contributed by atoms with Gasteiger partial charge in [0.25, 0.3) is 11.5 Å². The first kappa shape index (κ1) is 26.8. The summed E-state index contributed by atoms with van der Waals surface area (Å²) in [4.78, 5) is 28.3. The van der Waals surface area contributed by atoms with Crippen LogP contribution in [-0.4, -0.2) is 55.1 Å². The second-order valence-corrected chi connectivity index (χ2v) is 11.2. The van der Waals surface area contributed by atoms with Gasteiger partial charge in [-0.15, -0.1) is 11.3 Å². The van der Waals surface area contributed by atoms with Crippen molar-refractivity contribution in [3.8, 4) is 11.3 Å². The van der Waals surface area contributed by atoms with Gasteiger partial charge in [0.05, 0.1) is 28.1 Å². The van der Waals surface area contributed by atoms with Crippen molar-refractivity contribution in [1.29, 1.82) is 0 Å². The number of hydrogen-bond donors (Lipinski definition) is 4. The molecule has 210 valence electrons. The molecule has 1 aliphatic heterocycles. The number of hydrogen-bond acceptors (Lipinski definition) is 8. The molecule has 1 fully saturated rings. The predicted molar refractivity (Wildman–Crippen MR) is 157 cm³/mol. The number of β-amino-alcohol motifs (C(OH)–C–C–N with tert-alkyl or cyclic N) is 1. The van der Waals surface area contributed by atoms with Crippen molar-refractivity contribution < 1.29 is 14.3 Å². The van der Waals surface area contributed by atoms with Gasteiger partial charge in [-0.3, -0.25) is 19.2 Å². The molecule has 4 N–H and O–H groups in total. The molecule has 0 spiro atoms. The molecule has 1 aliphatic rings. The van der Waals surface area contributed by atoms with Crippen LogP contribution in [0.4, 0.5) is 21.6 Å². The third kappa shape index (κ3) is 5.49. The molecule has 6 rings (SSSR count). The Morgan fingerprint density at radius 1 is 1.22 bits per heavy atom. The molecule has 1 amide bonds. The number of thiophene rings is 1. The van der Waals surface area contributed by atoms with Gasteiger partial charge in [0.15, 0.2) is 5.82 Å². The molecule has 1 saturated heterocycles. The summed E-state index contributed by atoms with van der Waals surface area (Å²) in [5, 5.41) is 27.7. The van der Waals surface area contributed by atoms with Crippen LogP contribution in [0.1, 0.15) is 27.3 Å².